The summed E-state index contributed by atoms with van der Waals surface area (Å²) in [5.41, 5.74) is -0.444. The van der Waals surface area contributed by atoms with Gasteiger partial charge in [0.05, 0.1) is 12.7 Å². The van der Waals surface area contributed by atoms with Crippen LogP contribution in [0.2, 0.25) is 0 Å². The third-order valence-corrected chi connectivity index (χ3v) is 2.56. The first-order valence-electron chi connectivity index (χ1n) is 6.35. The number of hydrogen-bond acceptors (Lipinski definition) is 3. The molecule has 0 amide bonds. The standard InChI is InChI=1S/C14H24O3/c1-10(2)8-11-6-7-16-12(11)9-13(15)17-14(3,4)5/h9-11H,6-8H2,1-5H3/b12-9-. The molecule has 1 atom stereocenters. The van der Waals surface area contributed by atoms with E-state index in [2.05, 4.69) is 13.8 Å². The van der Waals surface area contributed by atoms with E-state index in [1.807, 2.05) is 20.8 Å². The Kier molecular flexibility index (Phi) is 4.61. The maximum Gasteiger partial charge on any atom is 0.334 e. The lowest BCUT2D eigenvalue weighted by atomic mass is 9.94. The van der Waals surface area contributed by atoms with Crippen molar-refractivity contribution in [3.8, 4) is 0 Å². The Morgan fingerprint density at radius 1 is 1.53 bits per heavy atom. The highest BCUT2D eigenvalue weighted by Crippen LogP contribution is 2.30. The van der Waals surface area contributed by atoms with Crippen molar-refractivity contribution in [2.45, 2.75) is 53.1 Å². The second-order valence-corrected chi connectivity index (χ2v) is 6.04. The molecule has 0 aromatic carbocycles. The lowest BCUT2D eigenvalue weighted by Crippen LogP contribution is -2.23. The van der Waals surface area contributed by atoms with Gasteiger partial charge >= 0.3 is 5.97 Å². The van der Waals surface area contributed by atoms with Gasteiger partial charge in [-0.1, -0.05) is 13.8 Å². The molecule has 0 aromatic rings. The highest BCUT2D eigenvalue weighted by molar-refractivity contribution is 5.82. The van der Waals surface area contributed by atoms with Crippen LogP contribution in [0.4, 0.5) is 0 Å². The Morgan fingerprint density at radius 2 is 2.18 bits per heavy atom. The lowest BCUT2D eigenvalue weighted by molar-refractivity contribution is -0.148. The number of carbonyl (C=O) groups excluding carboxylic acids is 1. The molecule has 0 aliphatic carbocycles. The Balaban J connectivity index is 2.61. The van der Waals surface area contributed by atoms with Crippen LogP contribution in [0.1, 0.15) is 47.5 Å². The van der Waals surface area contributed by atoms with E-state index < -0.39 is 5.60 Å². The van der Waals surface area contributed by atoms with E-state index in [0.29, 0.717) is 18.4 Å². The Morgan fingerprint density at radius 3 is 2.71 bits per heavy atom. The van der Waals surface area contributed by atoms with Gasteiger partial charge in [0.15, 0.2) is 0 Å². The molecule has 0 radical (unpaired) electrons. The summed E-state index contributed by atoms with van der Waals surface area (Å²) in [7, 11) is 0. The molecule has 17 heavy (non-hydrogen) atoms. The Labute approximate surface area is 104 Å². The molecule has 1 heterocycles. The zero-order chi connectivity index (χ0) is 13.1. The largest absolute Gasteiger partial charge is 0.497 e. The summed E-state index contributed by atoms with van der Waals surface area (Å²) in [6, 6.07) is 0. The summed E-state index contributed by atoms with van der Waals surface area (Å²) < 4.78 is 10.8. The molecular weight excluding hydrogens is 216 g/mol. The molecule has 1 unspecified atom stereocenters. The van der Waals surface area contributed by atoms with Crippen LogP contribution in [0.25, 0.3) is 0 Å². The Hall–Kier alpha value is -0.990. The van der Waals surface area contributed by atoms with Crippen molar-refractivity contribution in [2.75, 3.05) is 6.61 Å². The van der Waals surface area contributed by atoms with Crippen LogP contribution < -0.4 is 0 Å². The number of esters is 1. The van der Waals surface area contributed by atoms with Gasteiger partial charge in [-0.05, 0) is 39.5 Å². The number of rotatable bonds is 3. The van der Waals surface area contributed by atoms with Crippen molar-refractivity contribution in [3.63, 3.8) is 0 Å². The van der Waals surface area contributed by atoms with E-state index in [1.165, 1.54) is 6.08 Å². The van der Waals surface area contributed by atoms with Crippen LogP contribution >= 0.6 is 0 Å². The highest BCUT2D eigenvalue weighted by atomic mass is 16.6. The second kappa shape index (κ2) is 5.56. The first kappa shape index (κ1) is 14.1. The summed E-state index contributed by atoms with van der Waals surface area (Å²) in [6.07, 6.45) is 3.59. The molecular formula is C14H24O3. The monoisotopic (exact) mass is 240 g/mol. The molecule has 0 spiro atoms. The molecule has 98 valence electrons. The zero-order valence-corrected chi connectivity index (χ0v) is 11.6. The number of hydrogen-bond donors (Lipinski definition) is 0. The van der Waals surface area contributed by atoms with Gasteiger partial charge in [-0.2, -0.15) is 0 Å². The zero-order valence-electron chi connectivity index (χ0n) is 11.6. The van der Waals surface area contributed by atoms with Crippen LogP contribution in [0, 0.1) is 11.8 Å². The van der Waals surface area contributed by atoms with Gasteiger partial charge in [0, 0.05) is 5.92 Å². The fraction of sp³-hybridized carbons (Fsp3) is 0.786. The first-order valence-corrected chi connectivity index (χ1v) is 6.35. The van der Waals surface area contributed by atoms with E-state index >= 15 is 0 Å². The molecule has 1 aliphatic rings. The van der Waals surface area contributed by atoms with Gasteiger partial charge in [0.25, 0.3) is 0 Å². The molecule has 1 rings (SSSR count). The molecule has 0 bridgehead atoms. The average molecular weight is 240 g/mol. The molecule has 0 aromatic heterocycles. The summed E-state index contributed by atoms with van der Waals surface area (Å²) in [5.74, 6) is 1.49. The van der Waals surface area contributed by atoms with E-state index in [-0.39, 0.29) is 5.97 Å². The van der Waals surface area contributed by atoms with Gasteiger partial charge in [0.1, 0.15) is 11.4 Å². The summed E-state index contributed by atoms with van der Waals surface area (Å²) in [5, 5.41) is 0. The number of allylic oxidation sites excluding steroid dienone is 1. The van der Waals surface area contributed by atoms with E-state index in [9.17, 15) is 4.79 Å². The van der Waals surface area contributed by atoms with Gasteiger partial charge in [-0.3, -0.25) is 0 Å². The third kappa shape index (κ3) is 5.24. The summed E-state index contributed by atoms with van der Waals surface area (Å²) in [6.45, 7) is 10.7. The molecule has 1 saturated heterocycles. The normalized spacial score (nSPS) is 22.9. The topological polar surface area (TPSA) is 35.5 Å². The Bertz CT molecular complexity index is 297. The quantitative estimate of drug-likeness (QED) is 0.561. The van der Waals surface area contributed by atoms with Crippen LogP contribution in [0.15, 0.2) is 11.8 Å². The van der Waals surface area contributed by atoms with Crippen molar-refractivity contribution in [1.82, 2.24) is 0 Å². The molecule has 3 nitrogen and oxygen atoms in total. The minimum Gasteiger partial charge on any atom is -0.497 e. The SMILES string of the molecule is CC(C)CC1CCO/C1=C\C(=O)OC(C)(C)C. The molecule has 1 fully saturated rings. The average Bonchev–Trinajstić information content (AvgIpc) is 2.47. The predicted octanol–water partition coefficient (Wildman–Crippen LogP) is 3.29. The fourth-order valence-corrected chi connectivity index (χ4v) is 1.99. The maximum atomic E-state index is 11.7. The molecule has 0 N–H and O–H groups in total. The molecule has 1 aliphatic heterocycles. The smallest absolute Gasteiger partial charge is 0.334 e. The van der Waals surface area contributed by atoms with Gasteiger partial charge in [-0.25, -0.2) is 4.79 Å². The van der Waals surface area contributed by atoms with Crippen LogP contribution in [0.5, 0.6) is 0 Å². The first-order chi connectivity index (χ1) is 7.78. The summed E-state index contributed by atoms with van der Waals surface area (Å²) >= 11 is 0. The molecule has 0 saturated carbocycles. The minimum absolute atomic E-state index is 0.303. The van der Waals surface area contributed by atoms with Crippen molar-refractivity contribution < 1.29 is 14.3 Å². The maximum absolute atomic E-state index is 11.7. The van der Waals surface area contributed by atoms with E-state index in [1.54, 1.807) is 0 Å². The van der Waals surface area contributed by atoms with Crippen molar-refractivity contribution in [3.05, 3.63) is 11.8 Å². The van der Waals surface area contributed by atoms with Crippen LogP contribution in [-0.4, -0.2) is 18.2 Å². The fourth-order valence-electron chi connectivity index (χ4n) is 1.99. The summed E-state index contributed by atoms with van der Waals surface area (Å²) in [4.78, 5) is 11.7. The van der Waals surface area contributed by atoms with Crippen LogP contribution in [-0.2, 0) is 14.3 Å². The number of ether oxygens (including phenoxy) is 2. The highest BCUT2D eigenvalue weighted by Gasteiger charge is 2.25. The predicted molar refractivity (Wildman–Crippen MR) is 67.4 cm³/mol. The second-order valence-electron chi connectivity index (χ2n) is 6.04. The van der Waals surface area contributed by atoms with Gasteiger partial charge in [-0.15, -0.1) is 0 Å². The third-order valence-electron chi connectivity index (χ3n) is 2.56. The van der Waals surface area contributed by atoms with Crippen molar-refractivity contribution in [1.29, 1.82) is 0 Å². The molecule has 3 heteroatoms. The minimum atomic E-state index is -0.444. The van der Waals surface area contributed by atoms with Gasteiger partial charge < -0.3 is 9.47 Å². The van der Waals surface area contributed by atoms with E-state index in [0.717, 1.165) is 18.6 Å². The van der Waals surface area contributed by atoms with E-state index in [4.69, 9.17) is 9.47 Å². The van der Waals surface area contributed by atoms with Crippen molar-refractivity contribution in [2.24, 2.45) is 11.8 Å². The van der Waals surface area contributed by atoms with Gasteiger partial charge in [0.2, 0.25) is 0 Å². The van der Waals surface area contributed by atoms with Crippen molar-refractivity contribution >= 4 is 5.97 Å². The lowest BCUT2D eigenvalue weighted by Gasteiger charge is -2.19. The number of carbonyl (C=O) groups is 1. The van der Waals surface area contributed by atoms with Crippen LogP contribution in [0.3, 0.4) is 0 Å².